The molecule has 0 aliphatic carbocycles. The summed E-state index contributed by atoms with van der Waals surface area (Å²) in [7, 11) is 4.15. The van der Waals surface area contributed by atoms with E-state index in [1.54, 1.807) is 0 Å². The summed E-state index contributed by atoms with van der Waals surface area (Å²) >= 11 is 0. The first-order valence-corrected chi connectivity index (χ1v) is 7.76. The Morgan fingerprint density at radius 3 is 2.30 bits per heavy atom. The molecule has 2 nitrogen and oxygen atoms in total. The van der Waals surface area contributed by atoms with E-state index in [2.05, 4.69) is 44.1 Å². The number of nitrogens with zero attached hydrogens (tertiary/aromatic N) is 2. The van der Waals surface area contributed by atoms with Gasteiger partial charge in [-0.15, -0.1) is 0 Å². The number of hydrogen-bond donors (Lipinski definition) is 0. The number of unbranched alkanes of at least 4 members (excludes halogenated alkanes) is 3. The first-order valence-electron chi connectivity index (χ1n) is 7.76. The molecule has 2 heteroatoms. The van der Waals surface area contributed by atoms with E-state index in [1.807, 2.05) is 18.2 Å². The number of nitriles is 1. The van der Waals surface area contributed by atoms with Gasteiger partial charge in [0.1, 0.15) is 0 Å². The Balaban J connectivity index is 2.83. The zero-order valence-corrected chi connectivity index (χ0v) is 13.2. The molecule has 0 bridgehead atoms. The molecule has 0 spiro atoms. The summed E-state index contributed by atoms with van der Waals surface area (Å²) < 4.78 is 0. The van der Waals surface area contributed by atoms with Gasteiger partial charge in [0.25, 0.3) is 0 Å². The lowest BCUT2D eigenvalue weighted by Gasteiger charge is -2.28. The van der Waals surface area contributed by atoms with Crippen LogP contribution in [-0.4, -0.2) is 25.5 Å². The van der Waals surface area contributed by atoms with Crippen molar-refractivity contribution in [1.82, 2.24) is 4.90 Å². The van der Waals surface area contributed by atoms with E-state index < -0.39 is 0 Å². The van der Waals surface area contributed by atoms with Crippen LogP contribution in [0, 0.1) is 11.3 Å². The minimum Gasteiger partial charge on any atom is -0.309 e. The number of hydrogen-bond acceptors (Lipinski definition) is 2. The lowest BCUT2D eigenvalue weighted by molar-refractivity contribution is 0.336. The molecule has 0 radical (unpaired) electrons. The van der Waals surface area contributed by atoms with E-state index in [9.17, 15) is 5.26 Å². The van der Waals surface area contributed by atoms with E-state index in [0.717, 1.165) is 25.8 Å². The number of rotatable bonds is 9. The zero-order chi connectivity index (χ0) is 14.8. The van der Waals surface area contributed by atoms with Gasteiger partial charge < -0.3 is 4.90 Å². The third-order valence-corrected chi connectivity index (χ3v) is 3.98. The van der Waals surface area contributed by atoms with Gasteiger partial charge in [0.2, 0.25) is 0 Å². The standard InChI is InChI=1S/C18H28N2/c1-4-5-6-10-13-18(16-19,14-15-20(2)3)17-11-8-7-9-12-17/h7-9,11-12H,4-6,10,13-15H2,1-3H3/t18-/m1/s1. The van der Waals surface area contributed by atoms with Crippen LogP contribution in [0.3, 0.4) is 0 Å². The Labute approximate surface area is 124 Å². The lowest BCUT2D eigenvalue weighted by atomic mass is 9.75. The van der Waals surface area contributed by atoms with Crippen LogP contribution in [0.5, 0.6) is 0 Å². The molecular weight excluding hydrogens is 244 g/mol. The van der Waals surface area contributed by atoms with Gasteiger partial charge in [-0.05, 0) is 39.0 Å². The molecule has 1 aromatic carbocycles. The molecule has 0 unspecified atom stereocenters. The molecule has 1 atom stereocenters. The van der Waals surface area contributed by atoms with Gasteiger partial charge in [0.15, 0.2) is 0 Å². The summed E-state index contributed by atoms with van der Waals surface area (Å²) in [6.45, 7) is 3.18. The quantitative estimate of drug-likeness (QED) is 0.624. The highest BCUT2D eigenvalue weighted by Gasteiger charge is 2.31. The SMILES string of the molecule is CCCCCC[C@](C#N)(CCN(C)C)c1ccccc1. The molecule has 1 aromatic rings. The van der Waals surface area contributed by atoms with Crippen molar-refractivity contribution < 1.29 is 0 Å². The minimum atomic E-state index is -0.320. The van der Waals surface area contributed by atoms with Crippen LogP contribution >= 0.6 is 0 Å². The van der Waals surface area contributed by atoms with Gasteiger partial charge in [-0.2, -0.15) is 5.26 Å². The van der Waals surface area contributed by atoms with Crippen molar-refractivity contribution in [1.29, 1.82) is 5.26 Å². The van der Waals surface area contributed by atoms with Crippen LogP contribution in [0.2, 0.25) is 0 Å². The normalized spacial score (nSPS) is 13.9. The number of benzene rings is 1. The van der Waals surface area contributed by atoms with Crippen molar-refractivity contribution in [3.8, 4) is 6.07 Å². The largest absolute Gasteiger partial charge is 0.309 e. The van der Waals surface area contributed by atoms with Crippen LogP contribution in [0.4, 0.5) is 0 Å². The molecule has 0 heterocycles. The van der Waals surface area contributed by atoms with E-state index in [4.69, 9.17) is 0 Å². The van der Waals surface area contributed by atoms with Crippen LogP contribution in [-0.2, 0) is 5.41 Å². The van der Waals surface area contributed by atoms with Gasteiger partial charge in [0.05, 0.1) is 11.5 Å². The van der Waals surface area contributed by atoms with Crippen molar-refractivity contribution in [2.75, 3.05) is 20.6 Å². The molecule has 0 aliphatic rings. The summed E-state index contributed by atoms with van der Waals surface area (Å²) in [5, 5.41) is 9.83. The van der Waals surface area contributed by atoms with Gasteiger partial charge in [-0.1, -0.05) is 62.9 Å². The highest BCUT2D eigenvalue weighted by atomic mass is 15.0. The summed E-state index contributed by atoms with van der Waals surface area (Å²) in [6.07, 6.45) is 6.76. The molecule has 20 heavy (non-hydrogen) atoms. The fourth-order valence-corrected chi connectivity index (χ4v) is 2.62. The second-order valence-electron chi connectivity index (χ2n) is 5.92. The first kappa shape index (κ1) is 16.7. The third kappa shape index (κ3) is 4.98. The van der Waals surface area contributed by atoms with E-state index in [-0.39, 0.29) is 5.41 Å². The Morgan fingerprint density at radius 2 is 1.75 bits per heavy atom. The molecule has 0 saturated carbocycles. The maximum absolute atomic E-state index is 9.83. The first-order chi connectivity index (χ1) is 9.64. The summed E-state index contributed by atoms with van der Waals surface area (Å²) in [6, 6.07) is 13.0. The summed E-state index contributed by atoms with van der Waals surface area (Å²) in [4.78, 5) is 2.17. The Morgan fingerprint density at radius 1 is 1.05 bits per heavy atom. The molecule has 0 amide bonds. The molecule has 110 valence electrons. The average molecular weight is 272 g/mol. The molecule has 0 saturated heterocycles. The van der Waals surface area contributed by atoms with Gasteiger partial charge >= 0.3 is 0 Å². The minimum absolute atomic E-state index is 0.320. The fraction of sp³-hybridized carbons (Fsp3) is 0.611. The molecule has 0 aromatic heterocycles. The Kier molecular flexibility index (Phi) is 7.33. The molecule has 0 N–H and O–H groups in total. The lowest BCUT2D eigenvalue weighted by Crippen LogP contribution is -2.29. The monoisotopic (exact) mass is 272 g/mol. The average Bonchev–Trinajstić information content (AvgIpc) is 2.48. The molecular formula is C18H28N2. The second-order valence-corrected chi connectivity index (χ2v) is 5.92. The van der Waals surface area contributed by atoms with Gasteiger partial charge in [-0.3, -0.25) is 0 Å². The summed E-state index contributed by atoms with van der Waals surface area (Å²) in [5.74, 6) is 0. The maximum atomic E-state index is 9.83. The van der Waals surface area contributed by atoms with Gasteiger partial charge in [0, 0.05) is 0 Å². The van der Waals surface area contributed by atoms with Crippen LogP contribution in [0.1, 0.15) is 51.0 Å². The topological polar surface area (TPSA) is 27.0 Å². The third-order valence-electron chi connectivity index (χ3n) is 3.98. The van der Waals surface area contributed by atoms with E-state index >= 15 is 0 Å². The molecule has 0 fully saturated rings. The predicted octanol–water partition coefficient (Wildman–Crippen LogP) is 4.37. The van der Waals surface area contributed by atoms with E-state index in [0.29, 0.717) is 0 Å². The molecule has 0 aliphatic heterocycles. The smallest absolute Gasteiger partial charge is 0.0834 e. The van der Waals surface area contributed by atoms with Crippen molar-refractivity contribution in [3.63, 3.8) is 0 Å². The fourth-order valence-electron chi connectivity index (χ4n) is 2.62. The Hall–Kier alpha value is -1.33. The van der Waals surface area contributed by atoms with Crippen molar-refractivity contribution >= 4 is 0 Å². The van der Waals surface area contributed by atoms with Gasteiger partial charge in [-0.25, -0.2) is 0 Å². The van der Waals surface area contributed by atoms with Crippen LogP contribution in [0.15, 0.2) is 30.3 Å². The predicted molar refractivity (Wildman–Crippen MR) is 85.7 cm³/mol. The highest BCUT2D eigenvalue weighted by Crippen LogP contribution is 2.33. The van der Waals surface area contributed by atoms with Crippen LogP contribution < -0.4 is 0 Å². The van der Waals surface area contributed by atoms with Crippen molar-refractivity contribution in [2.45, 2.75) is 50.9 Å². The maximum Gasteiger partial charge on any atom is 0.0834 e. The highest BCUT2D eigenvalue weighted by molar-refractivity contribution is 5.32. The zero-order valence-electron chi connectivity index (χ0n) is 13.2. The van der Waals surface area contributed by atoms with E-state index in [1.165, 1.54) is 24.8 Å². The van der Waals surface area contributed by atoms with Crippen LogP contribution in [0.25, 0.3) is 0 Å². The van der Waals surface area contributed by atoms with Crippen molar-refractivity contribution in [2.24, 2.45) is 0 Å². The second kappa shape index (κ2) is 8.76. The molecule has 1 rings (SSSR count). The summed E-state index contributed by atoms with van der Waals surface area (Å²) in [5.41, 5.74) is 0.861. The Bertz CT molecular complexity index is 405. The van der Waals surface area contributed by atoms with Crippen molar-refractivity contribution in [3.05, 3.63) is 35.9 Å².